The number of nitrogens with two attached hydrogens (primary N) is 1. The van der Waals surface area contributed by atoms with Gasteiger partial charge in [-0.2, -0.15) is 0 Å². The molecule has 0 aliphatic rings. The smallest absolute Gasteiger partial charge is 0.248 e. The zero-order valence-corrected chi connectivity index (χ0v) is 12.1. The molecule has 0 bridgehead atoms. The van der Waals surface area contributed by atoms with Gasteiger partial charge in [-0.15, -0.1) is 0 Å². The molecule has 0 unspecified atom stereocenters. The average Bonchev–Trinajstić information content (AvgIpc) is 2.30. The first-order valence-corrected chi connectivity index (χ1v) is 6.53. The second-order valence-corrected chi connectivity index (χ2v) is 5.92. The molecule has 0 radical (unpaired) electrons. The van der Waals surface area contributed by atoms with Gasteiger partial charge in [0, 0.05) is 24.2 Å². The average molecular weight is 266 g/mol. The minimum Gasteiger partial charge on any atom is -0.366 e. The van der Waals surface area contributed by atoms with E-state index < -0.39 is 11.7 Å². The van der Waals surface area contributed by atoms with Gasteiger partial charge in [-0.1, -0.05) is 33.8 Å². The van der Waals surface area contributed by atoms with Crippen LogP contribution in [0.4, 0.5) is 4.39 Å². The number of rotatable bonds is 6. The second kappa shape index (κ2) is 6.15. The fraction of sp³-hybridized carbons (Fsp3) is 0.533. The summed E-state index contributed by atoms with van der Waals surface area (Å²) in [5.41, 5.74) is 6.00. The Hall–Kier alpha value is -1.42. The Labute approximate surface area is 114 Å². The molecule has 0 spiro atoms. The van der Waals surface area contributed by atoms with Crippen molar-refractivity contribution in [2.45, 2.75) is 34.2 Å². The lowest BCUT2D eigenvalue weighted by Gasteiger charge is -2.29. The van der Waals surface area contributed by atoms with Crippen molar-refractivity contribution < 1.29 is 9.18 Å². The van der Waals surface area contributed by atoms with Crippen molar-refractivity contribution in [2.75, 3.05) is 6.54 Å². The summed E-state index contributed by atoms with van der Waals surface area (Å²) in [5.74, 6) is -0.465. The fourth-order valence-electron chi connectivity index (χ4n) is 1.57. The minimum absolute atomic E-state index is 0.156. The van der Waals surface area contributed by atoms with Crippen molar-refractivity contribution in [1.82, 2.24) is 5.32 Å². The van der Waals surface area contributed by atoms with Crippen LogP contribution in [0.2, 0.25) is 0 Å². The maximum absolute atomic E-state index is 13.7. The lowest BCUT2D eigenvalue weighted by atomic mass is 9.81. The van der Waals surface area contributed by atoms with Crippen LogP contribution in [0.5, 0.6) is 0 Å². The first-order chi connectivity index (χ1) is 8.74. The molecule has 19 heavy (non-hydrogen) atoms. The number of carbonyl (C=O) groups is 1. The zero-order valence-electron chi connectivity index (χ0n) is 12.1. The maximum Gasteiger partial charge on any atom is 0.248 e. The summed E-state index contributed by atoms with van der Waals surface area (Å²) < 4.78 is 13.7. The van der Waals surface area contributed by atoms with Gasteiger partial charge in [-0.25, -0.2) is 4.39 Å². The maximum atomic E-state index is 13.7. The fourth-order valence-corrected chi connectivity index (χ4v) is 1.57. The topological polar surface area (TPSA) is 55.1 Å². The van der Waals surface area contributed by atoms with Crippen LogP contribution in [0.15, 0.2) is 18.2 Å². The standard InChI is InChI=1S/C15H23FN2O/c1-10(2)15(3,4)9-18-8-12-6-5-11(14(17)19)7-13(12)16/h5-7,10,18H,8-9H2,1-4H3,(H2,17,19). The highest BCUT2D eigenvalue weighted by Gasteiger charge is 2.21. The van der Waals surface area contributed by atoms with Gasteiger partial charge < -0.3 is 11.1 Å². The van der Waals surface area contributed by atoms with Crippen LogP contribution in [0.1, 0.15) is 43.6 Å². The van der Waals surface area contributed by atoms with Gasteiger partial charge in [0.25, 0.3) is 0 Å². The van der Waals surface area contributed by atoms with Gasteiger partial charge in [-0.3, -0.25) is 4.79 Å². The summed E-state index contributed by atoms with van der Waals surface area (Å²) in [6, 6.07) is 4.34. The van der Waals surface area contributed by atoms with Crippen LogP contribution in [0.3, 0.4) is 0 Å². The van der Waals surface area contributed by atoms with Gasteiger partial charge in [0.15, 0.2) is 0 Å². The largest absolute Gasteiger partial charge is 0.366 e. The molecule has 0 aliphatic heterocycles. The van der Waals surface area contributed by atoms with Crippen LogP contribution in [-0.2, 0) is 6.54 Å². The van der Waals surface area contributed by atoms with E-state index in [9.17, 15) is 9.18 Å². The molecular formula is C15H23FN2O. The third kappa shape index (κ3) is 4.31. The number of carbonyl (C=O) groups excluding carboxylic acids is 1. The van der Waals surface area contributed by atoms with E-state index in [1.807, 2.05) is 0 Å². The SMILES string of the molecule is CC(C)C(C)(C)CNCc1ccc(C(N)=O)cc1F. The van der Waals surface area contributed by atoms with Gasteiger partial charge >= 0.3 is 0 Å². The van der Waals surface area contributed by atoms with E-state index in [2.05, 4.69) is 33.0 Å². The van der Waals surface area contributed by atoms with Crippen LogP contribution in [-0.4, -0.2) is 12.5 Å². The second-order valence-electron chi connectivity index (χ2n) is 5.92. The summed E-state index contributed by atoms with van der Waals surface area (Å²) in [5, 5.41) is 3.26. The first kappa shape index (κ1) is 15.6. The highest BCUT2D eigenvalue weighted by Crippen LogP contribution is 2.24. The number of amides is 1. The van der Waals surface area contributed by atoms with E-state index >= 15 is 0 Å². The summed E-state index contributed by atoms with van der Waals surface area (Å²) in [4.78, 5) is 10.9. The van der Waals surface area contributed by atoms with Gasteiger partial charge in [0.1, 0.15) is 5.82 Å². The van der Waals surface area contributed by atoms with Gasteiger partial charge in [0.2, 0.25) is 5.91 Å². The van der Waals surface area contributed by atoms with Gasteiger partial charge in [0.05, 0.1) is 0 Å². The molecule has 0 heterocycles. The third-order valence-electron chi connectivity index (χ3n) is 3.80. The Kier molecular flexibility index (Phi) is 5.06. The lowest BCUT2D eigenvalue weighted by molar-refractivity contribution is 0.1000. The number of halogens is 1. The number of primary amides is 1. The number of benzene rings is 1. The van der Waals surface area contributed by atoms with Crippen molar-refractivity contribution in [3.8, 4) is 0 Å². The van der Waals surface area contributed by atoms with E-state index in [1.54, 1.807) is 12.1 Å². The van der Waals surface area contributed by atoms with E-state index in [-0.39, 0.29) is 11.0 Å². The van der Waals surface area contributed by atoms with Crippen molar-refractivity contribution >= 4 is 5.91 Å². The Morgan fingerprint density at radius 3 is 2.53 bits per heavy atom. The van der Waals surface area contributed by atoms with E-state index in [0.29, 0.717) is 18.0 Å². The molecule has 1 aromatic carbocycles. The molecule has 0 aliphatic carbocycles. The van der Waals surface area contributed by atoms with Crippen molar-refractivity contribution in [3.63, 3.8) is 0 Å². The predicted octanol–water partition coefficient (Wildman–Crippen LogP) is 2.70. The van der Waals surface area contributed by atoms with Crippen LogP contribution in [0, 0.1) is 17.2 Å². The number of hydrogen-bond donors (Lipinski definition) is 2. The summed E-state index contributed by atoms with van der Waals surface area (Å²) in [7, 11) is 0. The molecule has 4 heteroatoms. The van der Waals surface area contributed by atoms with Crippen LogP contribution < -0.4 is 11.1 Å². The Balaban J connectivity index is 2.62. The zero-order chi connectivity index (χ0) is 14.6. The Morgan fingerprint density at radius 1 is 1.42 bits per heavy atom. The molecule has 0 fully saturated rings. The molecule has 0 aromatic heterocycles. The Bertz CT molecular complexity index is 455. The summed E-state index contributed by atoms with van der Waals surface area (Å²) in [6.45, 7) is 9.95. The van der Waals surface area contributed by atoms with Gasteiger partial charge in [-0.05, 0) is 23.5 Å². The quantitative estimate of drug-likeness (QED) is 0.831. The Morgan fingerprint density at radius 2 is 2.05 bits per heavy atom. The third-order valence-corrected chi connectivity index (χ3v) is 3.80. The molecule has 1 amide bonds. The van der Waals surface area contributed by atoms with E-state index in [1.165, 1.54) is 6.07 Å². The molecule has 0 atom stereocenters. The molecule has 1 aromatic rings. The number of hydrogen-bond acceptors (Lipinski definition) is 2. The summed E-state index contributed by atoms with van der Waals surface area (Å²) >= 11 is 0. The van der Waals surface area contributed by atoms with Crippen molar-refractivity contribution in [3.05, 3.63) is 35.1 Å². The molecule has 106 valence electrons. The first-order valence-electron chi connectivity index (χ1n) is 6.53. The molecule has 0 saturated heterocycles. The molecular weight excluding hydrogens is 243 g/mol. The molecule has 0 saturated carbocycles. The van der Waals surface area contributed by atoms with Crippen LogP contribution in [0.25, 0.3) is 0 Å². The highest BCUT2D eigenvalue weighted by molar-refractivity contribution is 5.92. The highest BCUT2D eigenvalue weighted by atomic mass is 19.1. The van der Waals surface area contributed by atoms with Crippen molar-refractivity contribution in [1.29, 1.82) is 0 Å². The van der Waals surface area contributed by atoms with E-state index in [4.69, 9.17) is 5.73 Å². The summed E-state index contributed by atoms with van der Waals surface area (Å²) in [6.07, 6.45) is 0. The predicted molar refractivity (Wildman–Crippen MR) is 75.2 cm³/mol. The molecule has 1 rings (SSSR count). The normalized spacial score (nSPS) is 11.9. The van der Waals surface area contributed by atoms with E-state index in [0.717, 1.165) is 6.54 Å². The molecule has 3 nitrogen and oxygen atoms in total. The number of nitrogens with one attached hydrogen (secondary N) is 1. The lowest BCUT2D eigenvalue weighted by Crippen LogP contribution is -2.33. The minimum atomic E-state index is -0.612. The molecule has 3 N–H and O–H groups in total. The van der Waals surface area contributed by atoms with Crippen molar-refractivity contribution in [2.24, 2.45) is 17.1 Å². The monoisotopic (exact) mass is 266 g/mol. The van der Waals surface area contributed by atoms with Crippen LogP contribution >= 0.6 is 0 Å².